The van der Waals surface area contributed by atoms with Gasteiger partial charge in [0, 0.05) is 31.1 Å². The molecule has 2 fully saturated rings. The molecule has 0 unspecified atom stereocenters. The maximum absolute atomic E-state index is 12.9. The highest BCUT2D eigenvalue weighted by atomic mass is 32.2. The molecule has 0 aromatic heterocycles. The van der Waals surface area contributed by atoms with Crippen molar-refractivity contribution in [2.24, 2.45) is 17.3 Å². The lowest BCUT2D eigenvalue weighted by atomic mass is 9.59. The van der Waals surface area contributed by atoms with Crippen molar-refractivity contribution < 1.29 is 18.4 Å². The van der Waals surface area contributed by atoms with Gasteiger partial charge in [-0.3, -0.25) is 10.1 Å². The van der Waals surface area contributed by atoms with Gasteiger partial charge < -0.3 is 10.0 Å². The molecule has 4 atom stereocenters. The van der Waals surface area contributed by atoms with Crippen LogP contribution >= 0.6 is 0 Å². The van der Waals surface area contributed by atoms with E-state index in [1.165, 1.54) is 24.3 Å². The highest BCUT2D eigenvalue weighted by Crippen LogP contribution is 2.48. The number of nitrogens with one attached hydrogen (secondary N) is 1. The largest absolute Gasteiger partial charge is 0.393 e. The number of piperidine rings is 1. The Kier molecular flexibility index (Phi) is 6.42. The third kappa shape index (κ3) is 4.53. The molecule has 0 radical (unpaired) electrons. The summed E-state index contributed by atoms with van der Waals surface area (Å²) in [6.45, 7) is 5.62. The molecule has 1 saturated carbocycles. The minimum Gasteiger partial charge on any atom is -0.393 e. The molecule has 0 spiro atoms. The van der Waals surface area contributed by atoms with Gasteiger partial charge in [-0.2, -0.15) is 0 Å². The van der Waals surface area contributed by atoms with Crippen LogP contribution in [-0.2, 0) is 10.0 Å². The third-order valence-electron chi connectivity index (χ3n) is 6.40. The quantitative estimate of drug-likeness (QED) is 0.395. The van der Waals surface area contributed by atoms with Crippen LogP contribution in [0.4, 0.5) is 5.69 Å². The molecule has 1 aromatic rings. The smallest absolute Gasteiger partial charge is 0.289 e. The Labute approximate surface area is 171 Å². The lowest BCUT2D eigenvalue weighted by Gasteiger charge is -2.54. The van der Waals surface area contributed by atoms with Gasteiger partial charge in [0.25, 0.3) is 5.69 Å². The minimum absolute atomic E-state index is 0.144. The van der Waals surface area contributed by atoms with E-state index >= 15 is 0 Å². The number of aliphatic hydroxyl groups is 1. The van der Waals surface area contributed by atoms with Gasteiger partial charge in [0.05, 0.1) is 11.0 Å². The first-order chi connectivity index (χ1) is 13.7. The number of hydrogen-bond acceptors (Lipinski definition) is 6. The van der Waals surface area contributed by atoms with Crippen LogP contribution in [0.15, 0.2) is 41.8 Å². The van der Waals surface area contributed by atoms with Crippen molar-refractivity contribution in [3.8, 4) is 0 Å². The fourth-order valence-electron chi connectivity index (χ4n) is 5.21. The molecular formula is C20H29N3O5S. The number of rotatable bonds is 7. The van der Waals surface area contributed by atoms with Gasteiger partial charge in [0.2, 0.25) is 10.0 Å². The van der Waals surface area contributed by atoms with Crippen molar-refractivity contribution in [1.82, 2.24) is 9.62 Å². The van der Waals surface area contributed by atoms with Gasteiger partial charge in [-0.15, -0.1) is 6.58 Å². The molecule has 3 rings (SSSR count). The van der Waals surface area contributed by atoms with E-state index in [2.05, 4.69) is 16.2 Å². The molecule has 29 heavy (non-hydrogen) atoms. The molecule has 2 aliphatic rings. The van der Waals surface area contributed by atoms with Crippen molar-refractivity contribution in [3.05, 3.63) is 47.0 Å². The summed E-state index contributed by atoms with van der Waals surface area (Å²) >= 11 is 0. The first kappa shape index (κ1) is 21.9. The van der Waals surface area contributed by atoms with E-state index in [-0.39, 0.29) is 23.5 Å². The van der Waals surface area contributed by atoms with Crippen LogP contribution in [0, 0.1) is 27.4 Å². The van der Waals surface area contributed by atoms with Crippen molar-refractivity contribution >= 4 is 15.7 Å². The van der Waals surface area contributed by atoms with E-state index in [1.807, 2.05) is 7.05 Å². The van der Waals surface area contributed by atoms with Crippen LogP contribution < -0.4 is 4.72 Å². The molecule has 1 aromatic carbocycles. The maximum atomic E-state index is 12.9. The summed E-state index contributed by atoms with van der Waals surface area (Å²) in [5.74, 6) is 0.543. The standard InChI is InChI=1S/C20H29N3O5S/c1-3-10-20(14-22(2)12-15-8-9-16(24)11-17(15)20)13-21-29(27,28)19-7-5-4-6-18(19)23(25)26/h3-7,15-17,21,24H,1,8-14H2,2H3/t15-,16+,17-,20+/m1/s1. The Morgan fingerprint density at radius 1 is 1.41 bits per heavy atom. The van der Waals surface area contributed by atoms with Crippen LogP contribution in [0.2, 0.25) is 0 Å². The van der Waals surface area contributed by atoms with Crippen LogP contribution in [0.5, 0.6) is 0 Å². The Hall–Kier alpha value is -1.81. The summed E-state index contributed by atoms with van der Waals surface area (Å²) in [7, 11) is -2.04. The summed E-state index contributed by atoms with van der Waals surface area (Å²) in [6.07, 6.45) is 4.34. The zero-order valence-electron chi connectivity index (χ0n) is 16.7. The average Bonchev–Trinajstić information content (AvgIpc) is 2.67. The van der Waals surface area contributed by atoms with Gasteiger partial charge in [-0.1, -0.05) is 18.2 Å². The predicted octanol–water partition coefficient (Wildman–Crippen LogP) is 2.16. The number of fused-ring (bicyclic) bond motifs is 1. The first-order valence-electron chi connectivity index (χ1n) is 9.89. The summed E-state index contributed by atoms with van der Waals surface area (Å²) < 4.78 is 28.5. The van der Waals surface area contributed by atoms with Gasteiger partial charge in [-0.25, -0.2) is 13.1 Å². The number of aliphatic hydroxyl groups excluding tert-OH is 1. The van der Waals surface area contributed by atoms with Gasteiger partial charge in [0.15, 0.2) is 4.90 Å². The topological polar surface area (TPSA) is 113 Å². The number of sulfonamides is 1. The Morgan fingerprint density at radius 2 is 2.14 bits per heavy atom. The van der Waals surface area contributed by atoms with Crippen LogP contribution in [0.3, 0.4) is 0 Å². The summed E-state index contributed by atoms with van der Waals surface area (Å²) in [4.78, 5) is 12.5. The van der Waals surface area contributed by atoms with E-state index in [0.717, 1.165) is 19.4 Å². The Morgan fingerprint density at radius 3 is 2.83 bits per heavy atom. The Bertz CT molecular complexity index is 875. The van der Waals surface area contributed by atoms with Crippen molar-refractivity contribution in [3.63, 3.8) is 0 Å². The minimum atomic E-state index is -4.07. The lowest BCUT2D eigenvalue weighted by Crippen LogP contribution is -2.58. The zero-order chi connectivity index (χ0) is 21.2. The van der Waals surface area contributed by atoms with E-state index in [0.29, 0.717) is 25.3 Å². The number of allylic oxidation sites excluding steroid dienone is 1. The highest BCUT2D eigenvalue weighted by Gasteiger charge is 2.49. The molecule has 9 heteroatoms. The second-order valence-corrected chi connectivity index (χ2v) is 10.2. The molecule has 1 heterocycles. The van der Waals surface area contributed by atoms with E-state index in [1.54, 1.807) is 6.08 Å². The number of nitro groups is 1. The predicted molar refractivity (Wildman–Crippen MR) is 110 cm³/mol. The molecule has 2 N–H and O–H groups in total. The third-order valence-corrected chi connectivity index (χ3v) is 7.85. The average molecular weight is 424 g/mol. The zero-order valence-corrected chi connectivity index (χ0v) is 17.5. The summed E-state index contributed by atoms with van der Waals surface area (Å²) in [5.41, 5.74) is -0.859. The second-order valence-electron chi connectivity index (χ2n) is 8.43. The fraction of sp³-hybridized carbons (Fsp3) is 0.600. The second kappa shape index (κ2) is 8.51. The molecule has 8 nitrogen and oxygen atoms in total. The number of benzene rings is 1. The van der Waals surface area contributed by atoms with Crippen LogP contribution in [0.1, 0.15) is 25.7 Å². The molecule has 1 saturated heterocycles. The van der Waals surface area contributed by atoms with Gasteiger partial charge in [-0.05, 0) is 50.6 Å². The molecule has 0 amide bonds. The van der Waals surface area contributed by atoms with Gasteiger partial charge >= 0.3 is 0 Å². The molecular weight excluding hydrogens is 394 g/mol. The molecule has 1 aliphatic carbocycles. The fourth-order valence-corrected chi connectivity index (χ4v) is 6.52. The SMILES string of the molecule is C=CC[C@]1(CNS(=O)(=O)c2ccccc2[N+](=O)[O-])CN(C)C[C@H]2CC[C@H](O)C[C@H]21. The van der Waals surface area contributed by atoms with Crippen LogP contribution in [-0.4, -0.2) is 56.1 Å². The number of hydrogen-bond donors (Lipinski definition) is 2. The van der Waals surface area contributed by atoms with E-state index in [4.69, 9.17) is 0 Å². The highest BCUT2D eigenvalue weighted by molar-refractivity contribution is 7.89. The first-order valence-corrected chi connectivity index (χ1v) is 11.4. The summed E-state index contributed by atoms with van der Waals surface area (Å²) in [6, 6.07) is 5.36. The number of para-hydroxylation sites is 1. The normalized spacial score (nSPS) is 30.5. The van der Waals surface area contributed by atoms with Crippen molar-refractivity contribution in [2.45, 2.75) is 36.7 Å². The van der Waals surface area contributed by atoms with Crippen molar-refractivity contribution in [1.29, 1.82) is 0 Å². The van der Waals surface area contributed by atoms with Crippen molar-refractivity contribution in [2.75, 3.05) is 26.7 Å². The monoisotopic (exact) mass is 423 g/mol. The lowest BCUT2D eigenvalue weighted by molar-refractivity contribution is -0.387. The van der Waals surface area contributed by atoms with E-state index in [9.17, 15) is 23.6 Å². The molecule has 160 valence electrons. The van der Waals surface area contributed by atoms with Crippen LogP contribution in [0.25, 0.3) is 0 Å². The number of nitrogens with zero attached hydrogens (tertiary/aromatic N) is 2. The van der Waals surface area contributed by atoms with E-state index < -0.39 is 26.0 Å². The molecule has 1 aliphatic heterocycles. The maximum Gasteiger partial charge on any atom is 0.289 e. The molecule has 0 bridgehead atoms. The summed E-state index contributed by atoms with van der Waals surface area (Å²) in [5, 5.41) is 21.5. The number of nitro benzene ring substituents is 1. The van der Waals surface area contributed by atoms with Gasteiger partial charge in [0.1, 0.15) is 0 Å². The number of likely N-dealkylation sites (tertiary alicyclic amines) is 1. The Balaban J connectivity index is 1.90.